The summed E-state index contributed by atoms with van der Waals surface area (Å²) in [6, 6.07) is 4.41. The molecule has 1 aromatic rings. The van der Waals surface area contributed by atoms with Crippen molar-refractivity contribution in [2.45, 2.75) is 26.3 Å². The van der Waals surface area contributed by atoms with E-state index < -0.39 is 0 Å². The van der Waals surface area contributed by atoms with E-state index in [1.165, 1.54) is 16.7 Å². The first-order valence-corrected chi connectivity index (χ1v) is 7.20. The Balaban J connectivity index is 1.77. The van der Waals surface area contributed by atoms with Crippen molar-refractivity contribution in [3.8, 4) is 0 Å². The van der Waals surface area contributed by atoms with Gasteiger partial charge in [0.15, 0.2) is 5.78 Å². The van der Waals surface area contributed by atoms with Gasteiger partial charge in [0, 0.05) is 44.7 Å². The third-order valence-electron chi connectivity index (χ3n) is 4.44. The molecule has 1 saturated heterocycles. The van der Waals surface area contributed by atoms with Crippen molar-refractivity contribution in [1.82, 2.24) is 9.80 Å². The van der Waals surface area contributed by atoms with Gasteiger partial charge >= 0.3 is 0 Å². The minimum atomic E-state index is 0.332. The fourth-order valence-corrected chi connectivity index (χ4v) is 3.20. The van der Waals surface area contributed by atoms with E-state index in [1.54, 1.807) is 0 Å². The van der Waals surface area contributed by atoms with E-state index in [2.05, 4.69) is 35.9 Å². The zero-order valence-corrected chi connectivity index (χ0v) is 11.9. The van der Waals surface area contributed by atoms with Crippen LogP contribution < -0.4 is 0 Å². The van der Waals surface area contributed by atoms with Gasteiger partial charge in [-0.15, -0.1) is 0 Å². The second-order valence-electron chi connectivity index (χ2n) is 5.94. The summed E-state index contributed by atoms with van der Waals surface area (Å²) in [5, 5.41) is 0. The van der Waals surface area contributed by atoms with Gasteiger partial charge in [-0.2, -0.15) is 0 Å². The van der Waals surface area contributed by atoms with Gasteiger partial charge in [-0.1, -0.05) is 6.07 Å². The zero-order chi connectivity index (χ0) is 13.4. The highest BCUT2D eigenvalue weighted by Gasteiger charge is 2.22. The standard InChI is InChI=1S/C16H22N2O/c1-12-9-13(10-15-14(12)3-4-16(15)19)11-18-7-5-17(2)6-8-18/h9-10H,3-8,11H2,1-2H3. The Morgan fingerprint density at radius 3 is 2.58 bits per heavy atom. The molecule has 19 heavy (non-hydrogen) atoms. The van der Waals surface area contributed by atoms with E-state index in [9.17, 15) is 4.79 Å². The monoisotopic (exact) mass is 258 g/mol. The second kappa shape index (κ2) is 5.06. The van der Waals surface area contributed by atoms with Crippen molar-refractivity contribution in [3.63, 3.8) is 0 Å². The van der Waals surface area contributed by atoms with Crippen LogP contribution in [-0.2, 0) is 13.0 Å². The maximum atomic E-state index is 11.9. The molecule has 0 saturated carbocycles. The van der Waals surface area contributed by atoms with Crippen molar-refractivity contribution >= 4 is 5.78 Å². The fourth-order valence-electron chi connectivity index (χ4n) is 3.20. The number of carbonyl (C=O) groups excluding carboxylic acids is 1. The molecule has 1 heterocycles. The molecule has 1 aliphatic carbocycles. The van der Waals surface area contributed by atoms with E-state index >= 15 is 0 Å². The Morgan fingerprint density at radius 1 is 1.11 bits per heavy atom. The molecule has 2 aliphatic rings. The van der Waals surface area contributed by atoms with Crippen LogP contribution in [-0.4, -0.2) is 48.8 Å². The number of benzene rings is 1. The molecule has 102 valence electrons. The Labute approximate surface area is 115 Å². The van der Waals surface area contributed by atoms with Gasteiger partial charge < -0.3 is 4.90 Å². The number of rotatable bonds is 2. The van der Waals surface area contributed by atoms with E-state index in [4.69, 9.17) is 0 Å². The van der Waals surface area contributed by atoms with Crippen LogP contribution in [0.5, 0.6) is 0 Å². The number of aryl methyl sites for hydroxylation is 1. The third kappa shape index (κ3) is 2.58. The lowest BCUT2D eigenvalue weighted by Gasteiger charge is -2.32. The summed E-state index contributed by atoms with van der Waals surface area (Å²) in [6.45, 7) is 7.66. The Kier molecular flexibility index (Phi) is 3.42. The SMILES string of the molecule is Cc1cc(CN2CCN(C)CC2)cc2c1CCC2=O. The van der Waals surface area contributed by atoms with Crippen molar-refractivity contribution < 1.29 is 4.79 Å². The molecule has 1 aliphatic heterocycles. The number of hydrogen-bond donors (Lipinski definition) is 0. The van der Waals surface area contributed by atoms with Gasteiger partial charge in [0.1, 0.15) is 0 Å². The molecule has 1 fully saturated rings. The van der Waals surface area contributed by atoms with E-state index in [1.807, 2.05) is 0 Å². The van der Waals surface area contributed by atoms with E-state index in [-0.39, 0.29) is 0 Å². The topological polar surface area (TPSA) is 23.6 Å². The first-order valence-electron chi connectivity index (χ1n) is 7.20. The van der Waals surface area contributed by atoms with Gasteiger partial charge in [-0.25, -0.2) is 0 Å². The maximum absolute atomic E-state index is 11.9. The maximum Gasteiger partial charge on any atom is 0.163 e. The van der Waals surface area contributed by atoms with Crippen molar-refractivity contribution in [1.29, 1.82) is 0 Å². The van der Waals surface area contributed by atoms with Crippen molar-refractivity contribution in [3.05, 3.63) is 34.4 Å². The molecule has 3 heteroatoms. The molecular weight excluding hydrogens is 236 g/mol. The highest BCUT2D eigenvalue weighted by Crippen LogP contribution is 2.27. The van der Waals surface area contributed by atoms with Crippen molar-refractivity contribution in [2.75, 3.05) is 33.2 Å². The largest absolute Gasteiger partial charge is 0.304 e. The van der Waals surface area contributed by atoms with Gasteiger partial charge in [-0.3, -0.25) is 9.69 Å². The first kappa shape index (κ1) is 12.8. The quantitative estimate of drug-likeness (QED) is 0.809. The molecule has 3 nitrogen and oxygen atoms in total. The number of nitrogens with zero attached hydrogens (tertiary/aromatic N) is 2. The lowest BCUT2D eigenvalue weighted by atomic mass is 10.00. The molecule has 0 N–H and O–H groups in total. The highest BCUT2D eigenvalue weighted by atomic mass is 16.1. The van der Waals surface area contributed by atoms with Crippen LogP contribution in [0.25, 0.3) is 0 Å². The van der Waals surface area contributed by atoms with Gasteiger partial charge in [0.05, 0.1) is 0 Å². The van der Waals surface area contributed by atoms with Crippen LogP contribution in [0, 0.1) is 6.92 Å². The molecule has 0 amide bonds. The van der Waals surface area contributed by atoms with Crippen molar-refractivity contribution in [2.24, 2.45) is 0 Å². The molecule has 0 radical (unpaired) electrons. The normalized spacial score (nSPS) is 20.8. The molecule has 1 aromatic carbocycles. The molecule has 0 spiro atoms. The third-order valence-corrected chi connectivity index (χ3v) is 4.44. The molecule has 0 atom stereocenters. The number of likely N-dealkylation sites (N-methyl/N-ethyl adjacent to an activating group) is 1. The van der Waals surface area contributed by atoms with Crippen LogP contribution in [0.3, 0.4) is 0 Å². The Hall–Kier alpha value is -1.19. The lowest BCUT2D eigenvalue weighted by Crippen LogP contribution is -2.43. The summed E-state index contributed by atoms with van der Waals surface area (Å²) < 4.78 is 0. The van der Waals surface area contributed by atoms with E-state index in [0.29, 0.717) is 12.2 Å². The summed E-state index contributed by atoms with van der Waals surface area (Å²) in [5.41, 5.74) is 4.87. The molecule has 0 bridgehead atoms. The average molecular weight is 258 g/mol. The van der Waals surface area contributed by atoms with Crippen LogP contribution in [0.4, 0.5) is 0 Å². The molecule has 0 aromatic heterocycles. The van der Waals surface area contributed by atoms with E-state index in [0.717, 1.165) is 44.7 Å². The summed E-state index contributed by atoms with van der Waals surface area (Å²) in [4.78, 5) is 16.7. The summed E-state index contributed by atoms with van der Waals surface area (Å²) in [6.07, 6.45) is 1.64. The predicted octanol–water partition coefficient (Wildman–Crippen LogP) is 1.87. The van der Waals surface area contributed by atoms with Crippen LogP contribution in [0.2, 0.25) is 0 Å². The number of piperazine rings is 1. The summed E-state index contributed by atoms with van der Waals surface area (Å²) in [5.74, 6) is 0.332. The van der Waals surface area contributed by atoms with Gasteiger partial charge in [0.2, 0.25) is 0 Å². The number of carbonyl (C=O) groups is 1. The lowest BCUT2D eigenvalue weighted by molar-refractivity contribution is 0.0994. The minimum absolute atomic E-state index is 0.332. The average Bonchev–Trinajstić information content (AvgIpc) is 2.75. The highest BCUT2D eigenvalue weighted by molar-refractivity contribution is 6.00. The number of hydrogen-bond acceptors (Lipinski definition) is 3. The fraction of sp³-hybridized carbons (Fsp3) is 0.562. The smallest absolute Gasteiger partial charge is 0.163 e. The summed E-state index contributed by atoms with van der Waals surface area (Å²) >= 11 is 0. The number of fused-ring (bicyclic) bond motifs is 1. The van der Waals surface area contributed by atoms with Gasteiger partial charge in [-0.05, 0) is 43.1 Å². The number of ketones is 1. The minimum Gasteiger partial charge on any atom is -0.304 e. The predicted molar refractivity (Wildman–Crippen MR) is 76.6 cm³/mol. The zero-order valence-electron chi connectivity index (χ0n) is 11.9. The summed E-state index contributed by atoms with van der Waals surface area (Å²) in [7, 11) is 2.18. The number of Topliss-reactive ketones (excluding diaryl/α,β-unsaturated/α-hetero) is 1. The van der Waals surface area contributed by atoms with Crippen LogP contribution in [0.15, 0.2) is 12.1 Å². The first-order chi connectivity index (χ1) is 9.13. The Morgan fingerprint density at radius 2 is 1.84 bits per heavy atom. The van der Waals surface area contributed by atoms with Gasteiger partial charge in [0.25, 0.3) is 0 Å². The van der Waals surface area contributed by atoms with Crippen LogP contribution in [0.1, 0.15) is 33.5 Å². The van der Waals surface area contributed by atoms with Crippen LogP contribution >= 0.6 is 0 Å². The molecular formula is C16H22N2O. The molecule has 3 rings (SSSR count). The molecule has 0 unspecified atom stereocenters. The second-order valence-corrected chi connectivity index (χ2v) is 5.94. The Bertz CT molecular complexity index is 502.